The molecule has 0 N–H and O–H groups in total. The van der Waals surface area contributed by atoms with Gasteiger partial charge in [0, 0.05) is 16.6 Å². The number of methoxy groups -OCH3 is 3. The van der Waals surface area contributed by atoms with Crippen molar-refractivity contribution in [2.75, 3.05) is 21.3 Å². The normalized spacial score (nSPS) is 11.4. The summed E-state index contributed by atoms with van der Waals surface area (Å²) < 4.78 is 15.3. The number of esters is 1. The molecule has 0 aliphatic rings. The summed E-state index contributed by atoms with van der Waals surface area (Å²) in [6.45, 7) is 0. The van der Waals surface area contributed by atoms with E-state index in [-0.39, 0.29) is 28.8 Å². The molecule has 28 heavy (non-hydrogen) atoms. The maximum atomic E-state index is 12.6. The summed E-state index contributed by atoms with van der Waals surface area (Å²) in [6, 6.07) is 9.08. The van der Waals surface area contributed by atoms with E-state index in [1.54, 1.807) is 12.3 Å². The molecular formula is C19H16N4O4S. The van der Waals surface area contributed by atoms with E-state index in [0.717, 1.165) is 4.88 Å². The van der Waals surface area contributed by atoms with E-state index in [2.05, 4.69) is 21.0 Å². The van der Waals surface area contributed by atoms with Gasteiger partial charge >= 0.3 is 5.97 Å². The first-order valence-corrected chi connectivity index (χ1v) is 8.98. The molecule has 0 saturated carbocycles. The molecule has 3 aromatic heterocycles. The van der Waals surface area contributed by atoms with Crippen LogP contribution in [0.25, 0.3) is 10.4 Å². The predicted molar refractivity (Wildman–Crippen MR) is 101 cm³/mol. The summed E-state index contributed by atoms with van der Waals surface area (Å²) in [7, 11) is 4.18. The third-order valence-electron chi connectivity index (χ3n) is 3.93. The smallest absolute Gasteiger partial charge is 0.340 e. The number of rotatable bonds is 6. The van der Waals surface area contributed by atoms with Crippen LogP contribution in [0.4, 0.5) is 0 Å². The molecule has 0 bridgehead atoms. The number of aromatic nitrogens is 3. The molecule has 0 amide bonds. The quantitative estimate of drug-likeness (QED) is 0.585. The van der Waals surface area contributed by atoms with Gasteiger partial charge in [-0.1, -0.05) is 6.07 Å². The fourth-order valence-corrected chi connectivity index (χ4v) is 3.41. The van der Waals surface area contributed by atoms with Gasteiger partial charge in [0.15, 0.2) is 5.82 Å². The Hall–Kier alpha value is -3.51. The van der Waals surface area contributed by atoms with Crippen LogP contribution in [0.2, 0.25) is 0 Å². The first-order chi connectivity index (χ1) is 13.6. The summed E-state index contributed by atoms with van der Waals surface area (Å²) >= 11 is 1.46. The van der Waals surface area contributed by atoms with Crippen molar-refractivity contribution >= 4 is 17.3 Å². The lowest BCUT2D eigenvalue weighted by atomic mass is 9.96. The molecule has 3 aromatic rings. The summed E-state index contributed by atoms with van der Waals surface area (Å²) in [5.41, 5.74) is 1.03. The van der Waals surface area contributed by atoms with Crippen LogP contribution in [0.15, 0.2) is 35.8 Å². The average molecular weight is 396 g/mol. The Morgan fingerprint density at radius 2 is 1.89 bits per heavy atom. The molecule has 0 spiro atoms. The molecule has 1 atom stereocenters. The number of carbonyl (C=O) groups excluding carboxylic acids is 1. The van der Waals surface area contributed by atoms with Gasteiger partial charge in [0.1, 0.15) is 5.92 Å². The van der Waals surface area contributed by atoms with Crippen molar-refractivity contribution in [3.05, 3.63) is 52.9 Å². The Bertz CT molecular complexity index is 1010. The van der Waals surface area contributed by atoms with Crippen LogP contribution in [-0.4, -0.2) is 42.3 Å². The first-order valence-electron chi connectivity index (χ1n) is 8.10. The van der Waals surface area contributed by atoms with Crippen LogP contribution in [-0.2, 0) is 4.74 Å². The second kappa shape index (κ2) is 8.45. The fourth-order valence-electron chi connectivity index (χ4n) is 2.65. The van der Waals surface area contributed by atoms with Crippen LogP contribution in [0.5, 0.6) is 11.8 Å². The zero-order valence-corrected chi connectivity index (χ0v) is 16.2. The van der Waals surface area contributed by atoms with E-state index in [9.17, 15) is 10.1 Å². The number of ether oxygens (including phenoxy) is 3. The standard InChI is InChI=1S/C19H16N4O4S/c1-25-14-9-15(26-2)23-18(22-14)12(10-20)17-16(19(24)27-3)11(6-7-21-17)13-5-4-8-28-13/h4-9,12H,1-3H3. The number of thiophene rings is 1. The summed E-state index contributed by atoms with van der Waals surface area (Å²) in [5, 5.41) is 11.8. The minimum absolute atomic E-state index is 0.111. The fraction of sp³-hybridized carbons (Fsp3) is 0.211. The van der Waals surface area contributed by atoms with E-state index in [0.29, 0.717) is 5.56 Å². The van der Waals surface area contributed by atoms with E-state index >= 15 is 0 Å². The minimum Gasteiger partial charge on any atom is -0.481 e. The number of carbonyl (C=O) groups is 1. The highest BCUT2D eigenvalue weighted by Gasteiger charge is 2.29. The van der Waals surface area contributed by atoms with E-state index in [1.807, 2.05) is 17.5 Å². The third kappa shape index (κ3) is 3.63. The highest BCUT2D eigenvalue weighted by Crippen LogP contribution is 2.34. The molecule has 0 aliphatic carbocycles. The maximum absolute atomic E-state index is 12.6. The van der Waals surface area contributed by atoms with Crippen molar-refractivity contribution in [3.8, 4) is 28.3 Å². The van der Waals surface area contributed by atoms with Gasteiger partial charge in [-0.15, -0.1) is 11.3 Å². The van der Waals surface area contributed by atoms with Crippen molar-refractivity contribution in [1.29, 1.82) is 5.26 Å². The first kappa shape index (κ1) is 19.3. The molecule has 3 heterocycles. The zero-order chi connectivity index (χ0) is 20.1. The van der Waals surface area contributed by atoms with Gasteiger partial charge in [0.2, 0.25) is 11.8 Å². The van der Waals surface area contributed by atoms with Crippen molar-refractivity contribution in [3.63, 3.8) is 0 Å². The third-order valence-corrected chi connectivity index (χ3v) is 4.84. The lowest BCUT2D eigenvalue weighted by molar-refractivity contribution is 0.0599. The topological polar surface area (TPSA) is 107 Å². The van der Waals surface area contributed by atoms with Crippen LogP contribution in [0, 0.1) is 11.3 Å². The molecule has 3 rings (SSSR count). The number of hydrogen-bond acceptors (Lipinski definition) is 9. The molecule has 142 valence electrons. The Labute approximate surface area is 165 Å². The second-order valence-electron chi connectivity index (χ2n) is 5.46. The minimum atomic E-state index is -1.03. The van der Waals surface area contributed by atoms with Gasteiger partial charge in [-0.3, -0.25) is 4.98 Å². The SMILES string of the molecule is COC(=O)c1c(-c2cccs2)ccnc1C(C#N)c1nc(OC)cc(OC)n1. The largest absolute Gasteiger partial charge is 0.481 e. The van der Waals surface area contributed by atoms with Crippen LogP contribution >= 0.6 is 11.3 Å². The van der Waals surface area contributed by atoms with Crippen LogP contribution < -0.4 is 9.47 Å². The molecule has 0 radical (unpaired) electrons. The lowest BCUT2D eigenvalue weighted by Gasteiger charge is -2.15. The van der Waals surface area contributed by atoms with E-state index in [4.69, 9.17) is 14.2 Å². The van der Waals surface area contributed by atoms with Gasteiger partial charge < -0.3 is 14.2 Å². The molecular weight excluding hydrogens is 380 g/mol. The van der Waals surface area contributed by atoms with Crippen molar-refractivity contribution < 1.29 is 19.0 Å². The van der Waals surface area contributed by atoms with Crippen molar-refractivity contribution in [1.82, 2.24) is 15.0 Å². The van der Waals surface area contributed by atoms with Crippen molar-refractivity contribution in [2.45, 2.75) is 5.92 Å². The van der Waals surface area contributed by atoms with Gasteiger partial charge in [0.25, 0.3) is 0 Å². The van der Waals surface area contributed by atoms with Crippen LogP contribution in [0.1, 0.15) is 27.8 Å². The Balaban J connectivity index is 2.23. The van der Waals surface area contributed by atoms with Crippen molar-refractivity contribution in [2.24, 2.45) is 0 Å². The number of pyridine rings is 1. The summed E-state index contributed by atoms with van der Waals surface area (Å²) in [6.07, 6.45) is 1.54. The van der Waals surface area contributed by atoms with E-state index in [1.165, 1.54) is 38.7 Å². The monoisotopic (exact) mass is 396 g/mol. The lowest BCUT2D eigenvalue weighted by Crippen LogP contribution is -2.15. The zero-order valence-electron chi connectivity index (χ0n) is 15.4. The molecule has 0 aromatic carbocycles. The Kier molecular flexibility index (Phi) is 5.81. The van der Waals surface area contributed by atoms with Gasteiger partial charge in [-0.25, -0.2) is 4.79 Å². The van der Waals surface area contributed by atoms with Gasteiger partial charge in [-0.2, -0.15) is 15.2 Å². The highest BCUT2D eigenvalue weighted by molar-refractivity contribution is 7.13. The molecule has 0 fully saturated rings. The molecule has 9 heteroatoms. The highest BCUT2D eigenvalue weighted by atomic mass is 32.1. The number of nitrogens with zero attached hydrogens (tertiary/aromatic N) is 4. The summed E-state index contributed by atoms with van der Waals surface area (Å²) in [4.78, 5) is 26.2. The Morgan fingerprint density at radius 1 is 1.18 bits per heavy atom. The molecule has 1 unspecified atom stereocenters. The maximum Gasteiger partial charge on any atom is 0.340 e. The number of nitriles is 1. The average Bonchev–Trinajstić information content (AvgIpc) is 3.28. The summed E-state index contributed by atoms with van der Waals surface area (Å²) in [5.74, 6) is -1.05. The number of hydrogen-bond donors (Lipinski definition) is 0. The molecule has 8 nitrogen and oxygen atoms in total. The van der Waals surface area contributed by atoms with Gasteiger partial charge in [-0.05, 0) is 17.5 Å². The van der Waals surface area contributed by atoms with Crippen LogP contribution in [0.3, 0.4) is 0 Å². The van der Waals surface area contributed by atoms with Gasteiger partial charge in [0.05, 0.1) is 44.7 Å². The van der Waals surface area contributed by atoms with E-state index < -0.39 is 11.9 Å². The molecule has 0 saturated heterocycles. The molecule has 0 aliphatic heterocycles. The second-order valence-corrected chi connectivity index (χ2v) is 6.41. The Morgan fingerprint density at radius 3 is 2.43 bits per heavy atom. The predicted octanol–water partition coefficient (Wildman–Crippen LogP) is 3.06.